The van der Waals surface area contributed by atoms with Crippen LogP contribution in [0.4, 0.5) is 5.82 Å². The molecule has 6 nitrogen and oxygen atoms in total. The summed E-state index contributed by atoms with van der Waals surface area (Å²) < 4.78 is 5.37. The summed E-state index contributed by atoms with van der Waals surface area (Å²) in [5.41, 5.74) is 0. The molecule has 2 saturated heterocycles. The number of fused-ring (bicyclic) bond motifs is 1. The largest absolute Gasteiger partial charge is 0.381 e. The van der Waals surface area contributed by atoms with Gasteiger partial charge < -0.3 is 14.5 Å². The van der Waals surface area contributed by atoms with Crippen LogP contribution in [0.5, 0.6) is 0 Å². The predicted molar refractivity (Wildman–Crippen MR) is 94.5 cm³/mol. The minimum atomic E-state index is 0.0573. The Hall–Kier alpha value is -1.73. The van der Waals surface area contributed by atoms with Gasteiger partial charge in [0.15, 0.2) is 0 Å². The standard InChI is InChI=1S/C17H22N4O2S/c1-12-9-14-15(18-11-19-16(14)24-12)20-4-2-5-21(7-6-20)17(22)13-3-8-23-10-13/h9,11,13H,2-8,10H2,1H3. The lowest BCUT2D eigenvalue weighted by atomic mass is 10.1. The van der Waals surface area contributed by atoms with Gasteiger partial charge in [-0.25, -0.2) is 9.97 Å². The van der Waals surface area contributed by atoms with Crippen LogP contribution in [0.15, 0.2) is 12.4 Å². The van der Waals surface area contributed by atoms with Crippen molar-refractivity contribution < 1.29 is 9.53 Å². The van der Waals surface area contributed by atoms with Gasteiger partial charge in [-0.05, 0) is 25.8 Å². The normalized spacial score (nSPS) is 22.1. The van der Waals surface area contributed by atoms with Gasteiger partial charge in [0.25, 0.3) is 0 Å². The second kappa shape index (κ2) is 6.64. The quantitative estimate of drug-likeness (QED) is 0.833. The SMILES string of the molecule is Cc1cc2c(N3CCCN(C(=O)C4CCOC4)CC3)ncnc2s1. The zero-order chi connectivity index (χ0) is 16.5. The molecule has 2 aliphatic rings. The second-order valence-electron chi connectivity index (χ2n) is 6.50. The third-order valence-electron chi connectivity index (χ3n) is 4.82. The fourth-order valence-corrected chi connectivity index (χ4v) is 4.39. The molecule has 0 radical (unpaired) electrons. The number of rotatable bonds is 2. The molecule has 128 valence electrons. The molecule has 1 unspecified atom stereocenters. The van der Waals surface area contributed by atoms with E-state index in [-0.39, 0.29) is 11.8 Å². The summed E-state index contributed by atoms with van der Waals surface area (Å²) in [6.07, 6.45) is 3.48. The van der Waals surface area contributed by atoms with E-state index in [1.54, 1.807) is 17.7 Å². The number of carbonyl (C=O) groups excluding carboxylic acids is 1. The van der Waals surface area contributed by atoms with Gasteiger partial charge >= 0.3 is 0 Å². The topological polar surface area (TPSA) is 58.6 Å². The highest BCUT2D eigenvalue weighted by Gasteiger charge is 2.29. The number of carbonyl (C=O) groups is 1. The van der Waals surface area contributed by atoms with Crippen LogP contribution >= 0.6 is 11.3 Å². The number of thiophene rings is 1. The van der Waals surface area contributed by atoms with Gasteiger partial charge in [0.1, 0.15) is 17.0 Å². The van der Waals surface area contributed by atoms with E-state index in [2.05, 4.69) is 27.9 Å². The number of aryl methyl sites for hydroxylation is 1. The van der Waals surface area contributed by atoms with E-state index in [4.69, 9.17) is 4.74 Å². The first-order valence-corrected chi connectivity index (χ1v) is 9.36. The number of hydrogen-bond acceptors (Lipinski definition) is 6. The van der Waals surface area contributed by atoms with Gasteiger partial charge in [0, 0.05) is 37.7 Å². The number of nitrogens with zero attached hydrogens (tertiary/aromatic N) is 4. The molecule has 4 rings (SSSR count). The Morgan fingerprint density at radius 1 is 1.29 bits per heavy atom. The molecule has 2 aliphatic heterocycles. The van der Waals surface area contributed by atoms with Crippen molar-refractivity contribution in [2.75, 3.05) is 44.3 Å². The maximum atomic E-state index is 12.6. The Morgan fingerprint density at radius 2 is 2.21 bits per heavy atom. The highest BCUT2D eigenvalue weighted by molar-refractivity contribution is 7.18. The van der Waals surface area contributed by atoms with Crippen LogP contribution < -0.4 is 4.90 Å². The van der Waals surface area contributed by atoms with Crippen molar-refractivity contribution in [3.63, 3.8) is 0 Å². The van der Waals surface area contributed by atoms with Crippen LogP contribution in [-0.2, 0) is 9.53 Å². The smallest absolute Gasteiger partial charge is 0.228 e. The molecule has 1 amide bonds. The zero-order valence-corrected chi connectivity index (χ0v) is 14.7. The number of ether oxygens (including phenoxy) is 1. The summed E-state index contributed by atoms with van der Waals surface area (Å²) in [5, 5.41) is 1.13. The predicted octanol–water partition coefficient (Wildman–Crippen LogP) is 2.07. The van der Waals surface area contributed by atoms with Crippen molar-refractivity contribution >= 4 is 33.3 Å². The average molecular weight is 346 g/mol. The molecule has 0 aromatic carbocycles. The van der Waals surface area contributed by atoms with Crippen molar-refractivity contribution in [1.29, 1.82) is 0 Å². The van der Waals surface area contributed by atoms with Crippen LogP contribution in [0, 0.1) is 12.8 Å². The van der Waals surface area contributed by atoms with Crippen molar-refractivity contribution in [2.45, 2.75) is 19.8 Å². The minimum absolute atomic E-state index is 0.0573. The molecule has 2 aromatic rings. The van der Waals surface area contributed by atoms with Crippen molar-refractivity contribution in [1.82, 2.24) is 14.9 Å². The molecule has 0 saturated carbocycles. The second-order valence-corrected chi connectivity index (χ2v) is 7.73. The van der Waals surface area contributed by atoms with Crippen LogP contribution in [0.1, 0.15) is 17.7 Å². The highest BCUT2D eigenvalue weighted by Crippen LogP contribution is 2.30. The molecule has 24 heavy (non-hydrogen) atoms. The fraction of sp³-hybridized carbons (Fsp3) is 0.588. The number of amides is 1. The van der Waals surface area contributed by atoms with Crippen molar-refractivity contribution in [2.24, 2.45) is 5.92 Å². The fourth-order valence-electron chi connectivity index (χ4n) is 3.55. The summed E-state index contributed by atoms with van der Waals surface area (Å²) >= 11 is 1.70. The van der Waals surface area contributed by atoms with E-state index in [1.807, 2.05) is 4.90 Å². The summed E-state index contributed by atoms with van der Waals surface area (Å²) in [5.74, 6) is 1.32. The number of hydrogen-bond donors (Lipinski definition) is 0. The Kier molecular flexibility index (Phi) is 4.37. The van der Waals surface area contributed by atoms with Gasteiger partial charge in [-0.2, -0.15) is 0 Å². The molecule has 0 bridgehead atoms. The third kappa shape index (κ3) is 2.98. The third-order valence-corrected chi connectivity index (χ3v) is 5.78. The molecular weight excluding hydrogens is 324 g/mol. The van der Waals surface area contributed by atoms with Gasteiger partial charge in [-0.15, -0.1) is 11.3 Å². The van der Waals surface area contributed by atoms with Crippen LogP contribution in [0.25, 0.3) is 10.2 Å². The molecule has 0 aliphatic carbocycles. The van der Waals surface area contributed by atoms with Gasteiger partial charge in [-0.1, -0.05) is 0 Å². The summed E-state index contributed by atoms with van der Waals surface area (Å²) in [6, 6.07) is 2.17. The van der Waals surface area contributed by atoms with Crippen LogP contribution in [0.2, 0.25) is 0 Å². The molecule has 7 heteroatoms. The Bertz CT molecular complexity index is 741. The molecule has 1 atom stereocenters. The highest BCUT2D eigenvalue weighted by atomic mass is 32.1. The lowest BCUT2D eigenvalue weighted by molar-refractivity contribution is -0.135. The Balaban J connectivity index is 1.50. The molecular formula is C17H22N4O2S. The monoisotopic (exact) mass is 346 g/mol. The first-order chi connectivity index (χ1) is 11.7. The van der Waals surface area contributed by atoms with Crippen molar-refractivity contribution in [3.8, 4) is 0 Å². The zero-order valence-electron chi connectivity index (χ0n) is 13.9. The maximum absolute atomic E-state index is 12.6. The summed E-state index contributed by atoms with van der Waals surface area (Å²) in [7, 11) is 0. The number of anilines is 1. The Labute approximate surface area is 145 Å². The molecule has 0 N–H and O–H groups in total. The Morgan fingerprint density at radius 3 is 3.04 bits per heavy atom. The number of aromatic nitrogens is 2. The van der Waals surface area contributed by atoms with E-state index >= 15 is 0 Å². The first-order valence-electron chi connectivity index (χ1n) is 8.55. The van der Waals surface area contributed by atoms with Gasteiger partial charge in [0.2, 0.25) is 5.91 Å². The molecule has 2 fully saturated rings. The maximum Gasteiger partial charge on any atom is 0.228 e. The van der Waals surface area contributed by atoms with Gasteiger partial charge in [0.05, 0.1) is 17.9 Å². The molecule has 0 spiro atoms. The average Bonchev–Trinajstić information content (AvgIpc) is 3.17. The minimum Gasteiger partial charge on any atom is -0.381 e. The van der Waals surface area contributed by atoms with Crippen molar-refractivity contribution in [3.05, 3.63) is 17.3 Å². The van der Waals surface area contributed by atoms with E-state index < -0.39 is 0 Å². The van der Waals surface area contributed by atoms with E-state index in [1.165, 1.54) is 4.88 Å². The lowest BCUT2D eigenvalue weighted by Crippen LogP contribution is -2.39. The van der Waals surface area contributed by atoms with E-state index in [0.717, 1.165) is 55.1 Å². The molecule has 4 heterocycles. The summed E-state index contributed by atoms with van der Waals surface area (Å²) in [6.45, 7) is 6.72. The lowest BCUT2D eigenvalue weighted by Gasteiger charge is -2.24. The van der Waals surface area contributed by atoms with E-state index in [0.29, 0.717) is 13.2 Å². The molecule has 2 aromatic heterocycles. The van der Waals surface area contributed by atoms with E-state index in [9.17, 15) is 4.79 Å². The van der Waals surface area contributed by atoms with Gasteiger partial charge in [-0.3, -0.25) is 4.79 Å². The first kappa shape index (κ1) is 15.8. The van der Waals surface area contributed by atoms with Crippen LogP contribution in [-0.4, -0.2) is 60.2 Å². The van der Waals surface area contributed by atoms with Crippen LogP contribution in [0.3, 0.4) is 0 Å². The summed E-state index contributed by atoms with van der Waals surface area (Å²) in [4.78, 5) is 28.1.